The van der Waals surface area contributed by atoms with E-state index in [1.165, 1.54) is 13.8 Å². The van der Waals surface area contributed by atoms with Crippen LogP contribution in [0.15, 0.2) is 0 Å². The van der Waals surface area contributed by atoms with Crippen LogP contribution in [0.1, 0.15) is 13.8 Å². The molecule has 22 heavy (non-hydrogen) atoms. The van der Waals surface area contributed by atoms with Gasteiger partial charge >= 0.3 is 17.9 Å². The second-order valence-corrected chi connectivity index (χ2v) is 6.29. The van der Waals surface area contributed by atoms with Crippen molar-refractivity contribution in [1.82, 2.24) is 4.90 Å². The van der Waals surface area contributed by atoms with E-state index in [1.807, 2.05) is 0 Å². The molecule has 0 unspecified atom stereocenters. The molecule has 1 fully saturated rings. The number of esters is 3. The second-order valence-electron chi connectivity index (χ2n) is 5.14. The van der Waals surface area contributed by atoms with E-state index in [0.29, 0.717) is 0 Å². The molecule has 8 nitrogen and oxygen atoms in total. The molecule has 1 N–H and O–H groups in total. The molecule has 1 saturated heterocycles. The standard InChI is InChI=1S/C13H21NO7S/c1-7(15)19-9-6-22-13(18)12(20-8(2)16)11(9)21-10(17)5-14(3)4/h9,11-13,18H,5-6H2,1-4H3/t9-,11+,12-,13-/m1/s1. The first-order valence-electron chi connectivity index (χ1n) is 6.69. The molecule has 1 heterocycles. The summed E-state index contributed by atoms with van der Waals surface area (Å²) >= 11 is 1.06. The molecular formula is C13H21NO7S. The highest BCUT2D eigenvalue weighted by molar-refractivity contribution is 7.99. The normalized spacial score (nSPS) is 28.1. The fourth-order valence-electron chi connectivity index (χ4n) is 1.98. The lowest BCUT2D eigenvalue weighted by molar-refractivity contribution is -0.189. The number of ether oxygens (including phenoxy) is 3. The first kappa shape index (κ1) is 18.7. The van der Waals surface area contributed by atoms with E-state index in [4.69, 9.17) is 14.2 Å². The van der Waals surface area contributed by atoms with Crippen molar-refractivity contribution in [3.63, 3.8) is 0 Å². The Bertz CT molecular complexity index is 429. The van der Waals surface area contributed by atoms with Gasteiger partial charge in [-0.2, -0.15) is 0 Å². The van der Waals surface area contributed by atoms with Gasteiger partial charge in [-0.15, -0.1) is 11.8 Å². The average Bonchev–Trinajstić information content (AvgIpc) is 2.35. The molecule has 0 saturated carbocycles. The first-order chi connectivity index (χ1) is 10.2. The summed E-state index contributed by atoms with van der Waals surface area (Å²) in [6.45, 7) is 2.43. The lowest BCUT2D eigenvalue weighted by atomic mass is 10.1. The van der Waals surface area contributed by atoms with Gasteiger partial charge < -0.3 is 19.3 Å². The molecule has 9 heteroatoms. The Balaban J connectivity index is 2.90. The largest absolute Gasteiger partial charge is 0.458 e. The number of likely N-dealkylation sites (N-methyl/N-ethyl adjacent to an activating group) is 1. The predicted molar refractivity (Wildman–Crippen MR) is 78.0 cm³/mol. The third kappa shape index (κ3) is 5.82. The number of nitrogens with zero attached hydrogens (tertiary/aromatic N) is 1. The summed E-state index contributed by atoms with van der Waals surface area (Å²) in [6, 6.07) is 0. The van der Waals surface area contributed by atoms with Crippen molar-refractivity contribution in [3.8, 4) is 0 Å². The van der Waals surface area contributed by atoms with Crippen LogP contribution in [-0.2, 0) is 28.6 Å². The number of aliphatic hydroxyl groups excluding tert-OH is 1. The Hall–Kier alpha value is -1.32. The van der Waals surface area contributed by atoms with Gasteiger partial charge in [0.1, 0.15) is 5.44 Å². The van der Waals surface area contributed by atoms with Crippen LogP contribution in [0, 0.1) is 0 Å². The van der Waals surface area contributed by atoms with Crippen LogP contribution in [0.4, 0.5) is 0 Å². The summed E-state index contributed by atoms with van der Waals surface area (Å²) in [5.41, 5.74) is -1.06. The summed E-state index contributed by atoms with van der Waals surface area (Å²) in [5.74, 6) is -1.50. The molecule has 1 aliphatic heterocycles. The van der Waals surface area contributed by atoms with Crippen LogP contribution in [-0.4, -0.2) is 78.1 Å². The highest BCUT2D eigenvalue weighted by Crippen LogP contribution is 2.31. The van der Waals surface area contributed by atoms with Gasteiger partial charge in [-0.05, 0) is 14.1 Å². The number of hydrogen-bond acceptors (Lipinski definition) is 9. The maximum absolute atomic E-state index is 11.9. The van der Waals surface area contributed by atoms with Crippen LogP contribution in [0.5, 0.6) is 0 Å². The predicted octanol–water partition coefficient (Wildman–Crippen LogP) is -0.612. The van der Waals surface area contributed by atoms with E-state index in [-0.39, 0.29) is 12.3 Å². The van der Waals surface area contributed by atoms with Crippen molar-refractivity contribution < 1.29 is 33.7 Å². The minimum Gasteiger partial charge on any atom is -0.458 e. The lowest BCUT2D eigenvalue weighted by Crippen LogP contribution is -2.54. The van der Waals surface area contributed by atoms with Gasteiger partial charge in [-0.1, -0.05) is 0 Å². The molecule has 126 valence electrons. The van der Waals surface area contributed by atoms with Crippen molar-refractivity contribution in [2.24, 2.45) is 0 Å². The number of hydrogen-bond donors (Lipinski definition) is 1. The van der Waals surface area contributed by atoms with Crippen molar-refractivity contribution >= 4 is 29.7 Å². The number of aliphatic hydroxyl groups is 1. The highest BCUT2D eigenvalue weighted by atomic mass is 32.2. The van der Waals surface area contributed by atoms with Crippen LogP contribution >= 0.6 is 11.8 Å². The topological polar surface area (TPSA) is 102 Å². The first-order valence-corrected chi connectivity index (χ1v) is 7.74. The van der Waals surface area contributed by atoms with Crippen molar-refractivity contribution in [2.45, 2.75) is 37.6 Å². The van der Waals surface area contributed by atoms with Gasteiger partial charge in [0.05, 0.1) is 6.54 Å². The molecule has 0 amide bonds. The Morgan fingerprint density at radius 3 is 2.18 bits per heavy atom. The fourth-order valence-corrected chi connectivity index (χ4v) is 3.02. The SMILES string of the molecule is CC(=O)O[C@@H]1[C@@H](OC(=O)CN(C)C)[C@H](OC(C)=O)CS[C@H]1O. The molecule has 0 aliphatic carbocycles. The van der Waals surface area contributed by atoms with Gasteiger partial charge in [0.15, 0.2) is 18.3 Å². The number of thioether (sulfide) groups is 1. The quantitative estimate of drug-likeness (QED) is 0.520. The molecule has 1 rings (SSSR count). The van der Waals surface area contributed by atoms with Gasteiger partial charge in [0.25, 0.3) is 0 Å². The third-order valence-electron chi connectivity index (χ3n) is 2.73. The van der Waals surface area contributed by atoms with Crippen LogP contribution in [0.2, 0.25) is 0 Å². The Morgan fingerprint density at radius 2 is 1.68 bits per heavy atom. The Kier molecular flexibility index (Phi) is 7.11. The maximum atomic E-state index is 11.9. The van der Waals surface area contributed by atoms with E-state index in [0.717, 1.165) is 11.8 Å². The Morgan fingerprint density at radius 1 is 1.09 bits per heavy atom. The van der Waals surface area contributed by atoms with Gasteiger partial charge in [0, 0.05) is 19.6 Å². The summed E-state index contributed by atoms with van der Waals surface area (Å²) in [6.07, 6.45) is -2.93. The van der Waals surface area contributed by atoms with Crippen molar-refractivity contribution in [3.05, 3.63) is 0 Å². The molecule has 0 aromatic rings. The molecule has 0 aromatic carbocycles. The summed E-state index contributed by atoms with van der Waals surface area (Å²) < 4.78 is 15.4. The smallest absolute Gasteiger partial charge is 0.320 e. The van der Waals surface area contributed by atoms with Crippen molar-refractivity contribution in [1.29, 1.82) is 0 Å². The highest BCUT2D eigenvalue weighted by Gasteiger charge is 2.46. The zero-order chi connectivity index (χ0) is 16.9. The van der Waals surface area contributed by atoms with Crippen LogP contribution < -0.4 is 0 Å². The van der Waals surface area contributed by atoms with Crippen molar-refractivity contribution in [2.75, 3.05) is 26.4 Å². The number of carbonyl (C=O) groups is 3. The maximum Gasteiger partial charge on any atom is 0.320 e. The van der Waals surface area contributed by atoms with Gasteiger partial charge in [-0.25, -0.2) is 0 Å². The fraction of sp³-hybridized carbons (Fsp3) is 0.769. The minimum atomic E-state index is -1.09. The van der Waals surface area contributed by atoms with E-state index in [2.05, 4.69) is 0 Å². The minimum absolute atomic E-state index is 0.0132. The Labute approximate surface area is 133 Å². The van der Waals surface area contributed by atoms with E-state index in [1.54, 1.807) is 19.0 Å². The summed E-state index contributed by atoms with van der Waals surface area (Å²) in [4.78, 5) is 35.8. The molecule has 0 bridgehead atoms. The molecule has 0 radical (unpaired) electrons. The van der Waals surface area contributed by atoms with E-state index < -0.39 is 41.7 Å². The van der Waals surface area contributed by atoms with Gasteiger partial charge in [-0.3, -0.25) is 19.3 Å². The van der Waals surface area contributed by atoms with Crippen LogP contribution in [0.25, 0.3) is 0 Å². The monoisotopic (exact) mass is 335 g/mol. The van der Waals surface area contributed by atoms with Gasteiger partial charge in [0.2, 0.25) is 0 Å². The zero-order valence-corrected chi connectivity index (χ0v) is 13.8. The lowest BCUT2D eigenvalue weighted by Gasteiger charge is -2.38. The van der Waals surface area contributed by atoms with Crippen LogP contribution in [0.3, 0.4) is 0 Å². The third-order valence-corrected chi connectivity index (χ3v) is 3.87. The average molecular weight is 335 g/mol. The molecule has 0 spiro atoms. The molecular weight excluding hydrogens is 314 g/mol. The zero-order valence-electron chi connectivity index (χ0n) is 13.0. The number of rotatable bonds is 5. The molecule has 0 aromatic heterocycles. The molecule has 1 aliphatic rings. The van der Waals surface area contributed by atoms with E-state index in [9.17, 15) is 19.5 Å². The van der Waals surface area contributed by atoms with E-state index >= 15 is 0 Å². The summed E-state index contributed by atoms with van der Waals surface area (Å²) in [7, 11) is 3.39. The second kappa shape index (κ2) is 8.35. The summed E-state index contributed by atoms with van der Waals surface area (Å²) in [5, 5.41) is 9.98. The number of carbonyl (C=O) groups excluding carboxylic acids is 3. The molecule has 4 atom stereocenters.